The van der Waals surface area contributed by atoms with E-state index in [9.17, 15) is 13.2 Å². The quantitative estimate of drug-likeness (QED) is 0.777. The van der Waals surface area contributed by atoms with Crippen LogP contribution in [0, 0.1) is 18.3 Å². The SMILES string of the molecule is Cc1cc(N)nc(OC(F)(F)F)c1C#N. The number of nitriles is 1. The van der Waals surface area contributed by atoms with Crippen molar-refractivity contribution in [2.75, 3.05) is 5.73 Å². The molecule has 0 bridgehead atoms. The summed E-state index contributed by atoms with van der Waals surface area (Å²) in [5.41, 5.74) is 5.24. The molecule has 0 saturated carbocycles. The Hall–Kier alpha value is -1.97. The molecule has 0 amide bonds. The van der Waals surface area contributed by atoms with Gasteiger partial charge in [0.25, 0.3) is 0 Å². The summed E-state index contributed by atoms with van der Waals surface area (Å²) in [4.78, 5) is 3.30. The van der Waals surface area contributed by atoms with E-state index < -0.39 is 12.2 Å². The number of nitrogens with two attached hydrogens (primary N) is 1. The molecule has 0 atom stereocenters. The van der Waals surface area contributed by atoms with Crippen LogP contribution >= 0.6 is 0 Å². The molecule has 0 aliphatic carbocycles. The monoisotopic (exact) mass is 217 g/mol. The first kappa shape index (κ1) is 11.1. The number of hydrogen-bond donors (Lipinski definition) is 1. The minimum Gasteiger partial charge on any atom is -0.386 e. The van der Waals surface area contributed by atoms with Crippen LogP contribution < -0.4 is 10.5 Å². The summed E-state index contributed by atoms with van der Waals surface area (Å²) in [7, 11) is 0. The van der Waals surface area contributed by atoms with Crippen molar-refractivity contribution in [1.82, 2.24) is 4.98 Å². The van der Waals surface area contributed by atoms with Gasteiger partial charge in [0.05, 0.1) is 0 Å². The highest BCUT2D eigenvalue weighted by atomic mass is 19.4. The van der Waals surface area contributed by atoms with Crippen molar-refractivity contribution in [3.05, 3.63) is 17.2 Å². The summed E-state index contributed by atoms with van der Waals surface area (Å²) in [6.07, 6.45) is -4.89. The van der Waals surface area contributed by atoms with Crippen LogP contribution in [0.3, 0.4) is 0 Å². The largest absolute Gasteiger partial charge is 0.574 e. The zero-order valence-corrected chi connectivity index (χ0v) is 7.59. The Balaban J connectivity index is 3.23. The second kappa shape index (κ2) is 3.65. The summed E-state index contributed by atoms with van der Waals surface area (Å²) in [6.45, 7) is 1.44. The molecular weight excluding hydrogens is 211 g/mol. The van der Waals surface area contributed by atoms with Gasteiger partial charge < -0.3 is 10.5 Å². The highest BCUT2D eigenvalue weighted by Crippen LogP contribution is 2.27. The Morgan fingerprint density at radius 2 is 2.13 bits per heavy atom. The van der Waals surface area contributed by atoms with Gasteiger partial charge in [-0.05, 0) is 18.6 Å². The summed E-state index contributed by atoms with van der Waals surface area (Å²) in [5, 5.41) is 8.61. The van der Waals surface area contributed by atoms with Crippen molar-refractivity contribution >= 4 is 5.82 Å². The third-order valence-electron chi connectivity index (χ3n) is 1.53. The molecule has 1 aromatic rings. The lowest BCUT2D eigenvalue weighted by atomic mass is 10.1. The first-order chi connectivity index (χ1) is 6.83. The standard InChI is InChI=1S/C8H6F3N3O/c1-4-2-6(13)14-7(5(4)3-12)15-8(9,10)11/h2H,1H3,(H2,13,14). The Bertz CT molecular complexity index is 422. The predicted octanol–water partition coefficient (Wildman–Crippen LogP) is 1.74. The molecule has 2 N–H and O–H groups in total. The van der Waals surface area contributed by atoms with E-state index in [4.69, 9.17) is 11.0 Å². The number of nitrogens with zero attached hydrogens (tertiary/aromatic N) is 2. The molecule has 0 saturated heterocycles. The topological polar surface area (TPSA) is 71.9 Å². The molecule has 1 rings (SSSR count). The molecule has 0 aromatic carbocycles. The normalized spacial score (nSPS) is 10.9. The first-order valence-electron chi connectivity index (χ1n) is 3.76. The fourth-order valence-electron chi connectivity index (χ4n) is 0.988. The minimum atomic E-state index is -4.89. The van der Waals surface area contributed by atoms with Gasteiger partial charge in [0, 0.05) is 0 Å². The van der Waals surface area contributed by atoms with E-state index in [2.05, 4.69) is 9.72 Å². The predicted molar refractivity (Wildman–Crippen MR) is 44.8 cm³/mol. The highest BCUT2D eigenvalue weighted by Gasteiger charge is 2.33. The summed E-state index contributed by atoms with van der Waals surface area (Å²) < 4.78 is 39.3. The van der Waals surface area contributed by atoms with E-state index in [-0.39, 0.29) is 16.9 Å². The number of rotatable bonds is 1. The summed E-state index contributed by atoms with van der Waals surface area (Å²) in [5.74, 6) is -0.951. The van der Waals surface area contributed by atoms with Gasteiger partial charge in [-0.1, -0.05) is 0 Å². The van der Waals surface area contributed by atoms with E-state index >= 15 is 0 Å². The van der Waals surface area contributed by atoms with Crippen LogP contribution in [0.2, 0.25) is 0 Å². The van der Waals surface area contributed by atoms with Crippen molar-refractivity contribution in [2.45, 2.75) is 13.3 Å². The fraction of sp³-hybridized carbons (Fsp3) is 0.250. The Morgan fingerprint density at radius 3 is 2.60 bits per heavy atom. The average Bonchev–Trinajstić information content (AvgIpc) is 1.99. The number of halogens is 3. The maximum absolute atomic E-state index is 11.9. The number of anilines is 1. The second-order valence-electron chi connectivity index (χ2n) is 2.70. The number of aromatic nitrogens is 1. The molecule has 7 heteroatoms. The van der Waals surface area contributed by atoms with Crippen LogP contribution in [-0.4, -0.2) is 11.3 Å². The van der Waals surface area contributed by atoms with Gasteiger partial charge in [0.1, 0.15) is 17.5 Å². The van der Waals surface area contributed by atoms with Gasteiger partial charge in [-0.2, -0.15) is 10.2 Å². The number of ether oxygens (including phenoxy) is 1. The number of hydrogen-bond acceptors (Lipinski definition) is 4. The zero-order chi connectivity index (χ0) is 11.6. The van der Waals surface area contributed by atoms with Crippen LogP contribution in [0.5, 0.6) is 5.88 Å². The Kier molecular flexibility index (Phi) is 2.70. The number of alkyl halides is 3. The van der Waals surface area contributed by atoms with Crippen LogP contribution in [0.15, 0.2) is 6.07 Å². The second-order valence-corrected chi connectivity index (χ2v) is 2.70. The molecule has 0 aliphatic rings. The van der Waals surface area contributed by atoms with E-state index in [0.29, 0.717) is 0 Å². The molecular formula is C8H6F3N3O. The third kappa shape index (κ3) is 2.74. The molecule has 0 radical (unpaired) electrons. The smallest absolute Gasteiger partial charge is 0.386 e. The molecule has 80 valence electrons. The highest BCUT2D eigenvalue weighted by molar-refractivity contribution is 5.50. The Morgan fingerprint density at radius 1 is 1.53 bits per heavy atom. The van der Waals surface area contributed by atoms with Crippen molar-refractivity contribution in [1.29, 1.82) is 5.26 Å². The van der Waals surface area contributed by atoms with Crippen molar-refractivity contribution in [3.8, 4) is 11.9 Å². The van der Waals surface area contributed by atoms with Crippen molar-refractivity contribution in [3.63, 3.8) is 0 Å². The molecule has 0 aliphatic heterocycles. The molecule has 0 spiro atoms. The van der Waals surface area contributed by atoms with Crippen LogP contribution in [0.1, 0.15) is 11.1 Å². The fourth-order valence-corrected chi connectivity index (χ4v) is 0.988. The maximum Gasteiger partial charge on any atom is 0.574 e. The van der Waals surface area contributed by atoms with Gasteiger partial charge in [0.15, 0.2) is 0 Å². The maximum atomic E-state index is 11.9. The first-order valence-corrected chi connectivity index (χ1v) is 3.76. The van der Waals surface area contributed by atoms with Crippen LogP contribution in [-0.2, 0) is 0 Å². The van der Waals surface area contributed by atoms with Crippen molar-refractivity contribution in [2.24, 2.45) is 0 Å². The lowest BCUT2D eigenvalue weighted by Crippen LogP contribution is -2.19. The lowest BCUT2D eigenvalue weighted by molar-refractivity contribution is -0.276. The lowest BCUT2D eigenvalue weighted by Gasteiger charge is -2.10. The molecule has 1 aromatic heterocycles. The van der Waals surface area contributed by atoms with E-state index in [1.807, 2.05) is 0 Å². The van der Waals surface area contributed by atoms with Gasteiger partial charge >= 0.3 is 6.36 Å². The summed E-state index contributed by atoms with van der Waals surface area (Å²) in [6, 6.07) is 2.86. The number of pyridine rings is 1. The molecule has 0 fully saturated rings. The minimum absolute atomic E-state index is 0.134. The Labute approximate surface area is 83.1 Å². The van der Waals surface area contributed by atoms with Gasteiger partial charge in [-0.25, -0.2) is 0 Å². The molecule has 4 nitrogen and oxygen atoms in total. The number of nitrogen functional groups attached to an aromatic ring is 1. The summed E-state index contributed by atoms with van der Waals surface area (Å²) >= 11 is 0. The van der Waals surface area contributed by atoms with Gasteiger partial charge in [-0.15, -0.1) is 13.2 Å². The van der Waals surface area contributed by atoms with Crippen molar-refractivity contribution < 1.29 is 17.9 Å². The number of aryl methyl sites for hydroxylation is 1. The molecule has 1 heterocycles. The average molecular weight is 217 g/mol. The van der Waals surface area contributed by atoms with E-state index in [1.165, 1.54) is 13.0 Å². The van der Waals surface area contributed by atoms with Gasteiger partial charge in [-0.3, -0.25) is 0 Å². The zero-order valence-electron chi connectivity index (χ0n) is 7.59. The van der Waals surface area contributed by atoms with Crippen LogP contribution in [0.25, 0.3) is 0 Å². The third-order valence-corrected chi connectivity index (χ3v) is 1.53. The molecule has 0 unspecified atom stereocenters. The molecule has 15 heavy (non-hydrogen) atoms. The van der Waals surface area contributed by atoms with Gasteiger partial charge in [0.2, 0.25) is 5.88 Å². The van der Waals surface area contributed by atoms with E-state index in [0.717, 1.165) is 0 Å². The van der Waals surface area contributed by atoms with Crippen LogP contribution in [0.4, 0.5) is 19.0 Å². The van der Waals surface area contributed by atoms with E-state index in [1.54, 1.807) is 6.07 Å².